The molecule has 0 bridgehead atoms. The van der Waals surface area contributed by atoms with Crippen molar-refractivity contribution in [1.29, 1.82) is 0 Å². The van der Waals surface area contributed by atoms with Crippen molar-refractivity contribution in [2.75, 3.05) is 5.73 Å². The van der Waals surface area contributed by atoms with Crippen molar-refractivity contribution in [1.82, 2.24) is 4.98 Å². The third-order valence-electron chi connectivity index (χ3n) is 3.17. The first kappa shape index (κ1) is 12.5. The molecule has 2 N–H and O–H groups in total. The van der Waals surface area contributed by atoms with Crippen molar-refractivity contribution in [2.45, 2.75) is 13.5 Å². The molecule has 0 radical (unpaired) electrons. The first-order valence-electron chi connectivity index (χ1n) is 6.55. The lowest BCUT2D eigenvalue weighted by Gasteiger charge is -2.08. The molecule has 0 aliphatic rings. The van der Waals surface area contributed by atoms with Crippen LogP contribution >= 0.6 is 0 Å². The minimum atomic E-state index is 0.524. The number of nitrogens with two attached hydrogens (primary N) is 1. The lowest BCUT2D eigenvalue weighted by molar-refractivity contribution is 0.306. The summed E-state index contributed by atoms with van der Waals surface area (Å²) in [5, 5.41) is 1.08. The minimum Gasteiger partial charge on any atom is -0.489 e. The van der Waals surface area contributed by atoms with Crippen LogP contribution in [-0.4, -0.2) is 4.98 Å². The van der Waals surface area contributed by atoms with E-state index in [1.165, 1.54) is 5.56 Å². The molecule has 3 aromatic rings. The number of benzene rings is 2. The van der Waals surface area contributed by atoms with Gasteiger partial charge in [0.05, 0.1) is 5.52 Å². The van der Waals surface area contributed by atoms with Gasteiger partial charge in [-0.3, -0.25) is 0 Å². The molecule has 3 rings (SSSR count). The second-order valence-electron chi connectivity index (χ2n) is 4.87. The minimum absolute atomic E-state index is 0.524. The topological polar surface area (TPSA) is 48.1 Å². The maximum atomic E-state index is 5.79. The second-order valence-corrected chi connectivity index (χ2v) is 4.87. The molecule has 0 aliphatic heterocycles. The first-order chi connectivity index (χ1) is 9.70. The van der Waals surface area contributed by atoms with Crippen LogP contribution in [0.15, 0.2) is 54.6 Å². The number of hydrogen-bond donors (Lipinski definition) is 1. The molecule has 1 heterocycles. The molecule has 0 aliphatic carbocycles. The molecule has 2 aromatic carbocycles. The van der Waals surface area contributed by atoms with E-state index in [0.29, 0.717) is 12.4 Å². The highest BCUT2D eigenvalue weighted by Crippen LogP contribution is 2.18. The second kappa shape index (κ2) is 5.21. The summed E-state index contributed by atoms with van der Waals surface area (Å²) in [5.74, 6) is 1.42. The molecule has 3 nitrogen and oxygen atoms in total. The molecule has 3 heteroatoms. The average Bonchev–Trinajstić information content (AvgIpc) is 2.45. The summed E-state index contributed by atoms with van der Waals surface area (Å²) >= 11 is 0. The molecule has 1 aromatic heterocycles. The van der Waals surface area contributed by atoms with Gasteiger partial charge in [-0.2, -0.15) is 0 Å². The van der Waals surface area contributed by atoms with Gasteiger partial charge < -0.3 is 10.5 Å². The maximum absolute atomic E-state index is 5.79. The van der Waals surface area contributed by atoms with Crippen LogP contribution < -0.4 is 10.5 Å². The predicted octanol–water partition coefficient (Wildman–Crippen LogP) is 3.70. The SMILES string of the molecule is Cc1cccc(OCc2ccc3ccc(N)nc3c2)c1. The Labute approximate surface area is 118 Å². The predicted molar refractivity (Wildman–Crippen MR) is 81.7 cm³/mol. The number of rotatable bonds is 3. The fourth-order valence-corrected chi connectivity index (χ4v) is 2.14. The summed E-state index contributed by atoms with van der Waals surface area (Å²) in [4.78, 5) is 4.33. The van der Waals surface area contributed by atoms with Crippen LogP contribution in [0.1, 0.15) is 11.1 Å². The van der Waals surface area contributed by atoms with Crippen LogP contribution in [0.5, 0.6) is 5.75 Å². The molecule has 0 saturated heterocycles. The first-order valence-corrected chi connectivity index (χ1v) is 6.55. The van der Waals surface area contributed by atoms with E-state index in [2.05, 4.69) is 24.0 Å². The van der Waals surface area contributed by atoms with Gasteiger partial charge in [-0.25, -0.2) is 4.98 Å². The van der Waals surface area contributed by atoms with E-state index in [4.69, 9.17) is 10.5 Å². The number of nitrogen functional groups attached to an aromatic ring is 1. The van der Waals surface area contributed by atoms with Crippen LogP contribution in [-0.2, 0) is 6.61 Å². The van der Waals surface area contributed by atoms with Crippen molar-refractivity contribution in [2.24, 2.45) is 0 Å². The number of nitrogens with zero attached hydrogens (tertiary/aromatic N) is 1. The van der Waals surface area contributed by atoms with Crippen LogP contribution in [0.2, 0.25) is 0 Å². The van der Waals surface area contributed by atoms with Gasteiger partial charge in [0, 0.05) is 5.39 Å². The van der Waals surface area contributed by atoms with E-state index in [0.717, 1.165) is 22.2 Å². The fourth-order valence-electron chi connectivity index (χ4n) is 2.14. The van der Waals surface area contributed by atoms with E-state index in [9.17, 15) is 0 Å². The highest BCUT2D eigenvalue weighted by Gasteiger charge is 2.00. The highest BCUT2D eigenvalue weighted by molar-refractivity contribution is 5.80. The number of hydrogen-bond acceptors (Lipinski definition) is 3. The summed E-state index contributed by atoms with van der Waals surface area (Å²) in [6, 6.07) is 17.9. The van der Waals surface area contributed by atoms with Crippen LogP contribution in [0.3, 0.4) is 0 Å². The van der Waals surface area contributed by atoms with Crippen LogP contribution in [0.25, 0.3) is 10.9 Å². The van der Waals surface area contributed by atoms with Crippen LogP contribution in [0.4, 0.5) is 5.82 Å². The Balaban J connectivity index is 1.80. The number of aromatic nitrogens is 1. The highest BCUT2D eigenvalue weighted by atomic mass is 16.5. The summed E-state index contributed by atoms with van der Waals surface area (Å²) in [5.41, 5.74) is 8.88. The molecular formula is C17H16N2O. The Morgan fingerprint density at radius 1 is 1.05 bits per heavy atom. The summed E-state index contributed by atoms with van der Waals surface area (Å²) < 4.78 is 5.79. The van der Waals surface area contributed by atoms with Gasteiger partial charge in [-0.1, -0.05) is 24.3 Å². The molecule has 0 unspecified atom stereocenters. The van der Waals surface area contributed by atoms with E-state index < -0.39 is 0 Å². The molecule has 0 amide bonds. The molecule has 100 valence electrons. The fraction of sp³-hybridized carbons (Fsp3) is 0.118. The van der Waals surface area contributed by atoms with Crippen molar-refractivity contribution in [3.05, 3.63) is 65.7 Å². The number of pyridine rings is 1. The molecule has 0 atom stereocenters. The summed E-state index contributed by atoms with van der Waals surface area (Å²) in [7, 11) is 0. The standard InChI is InChI=1S/C17H16N2O/c1-12-3-2-4-15(9-12)20-11-13-5-6-14-7-8-17(18)19-16(14)10-13/h2-10H,11H2,1H3,(H2,18,19). The van der Waals surface area contributed by atoms with Crippen molar-refractivity contribution < 1.29 is 4.74 Å². The van der Waals surface area contributed by atoms with E-state index in [1.807, 2.05) is 42.5 Å². The van der Waals surface area contributed by atoms with Gasteiger partial charge in [-0.15, -0.1) is 0 Å². The Kier molecular flexibility index (Phi) is 3.25. The lowest BCUT2D eigenvalue weighted by atomic mass is 10.1. The molecule has 20 heavy (non-hydrogen) atoms. The van der Waals surface area contributed by atoms with Gasteiger partial charge in [0.15, 0.2) is 0 Å². The Morgan fingerprint density at radius 3 is 2.75 bits per heavy atom. The lowest BCUT2D eigenvalue weighted by Crippen LogP contribution is -1.96. The maximum Gasteiger partial charge on any atom is 0.124 e. The Hall–Kier alpha value is -2.55. The summed E-state index contributed by atoms with van der Waals surface area (Å²) in [6.45, 7) is 2.57. The third-order valence-corrected chi connectivity index (χ3v) is 3.17. The van der Waals surface area contributed by atoms with E-state index in [1.54, 1.807) is 0 Å². The molecular weight excluding hydrogens is 248 g/mol. The normalized spacial score (nSPS) is 10.7. The number of ether oxygens (including phenoxy) is 1. The van der Waals surface area contributed by atoms with Crippen molar-refractivity contribution in [3.63, 3.8) is 0 Å². The van der Waals surface area contributed by atoms with Crippen LogP contribution in [0, 0.1) is 6.92 Å². The number of aryl methyl sites for hydroxylation is 1. The Morgan fingerprint density at radius 2 is 1.90 bits per heavy atom. The third kappa shape index (κ3) is 2.72. The van der Waals surface area contributed by atoms with Gasteiger partial charge in [0.1, 0.15) is 18.2 Å². The zero-order valence-corrected chi connectivity index (χ0v) is 11.3. The monoisotopic (exact) mass is 264 g/mol. The summed E-state index contributed by atoms with van der Waals surface area (Å²) in [6.07, 6.45) is 0. The van der Waals surface area contributed by atoms with Gasteiger partial charge in [-0.05, 0) is 48.4 Å². The number of fused-ring (bicyclic) bond motifs is 1. The molecule has 0 saturated carbocycles. The van der Waals surface area contributed by atoms with E-state index in [-0.39, 0.29) is 0 Å². The Bertz CT molecular complexity index is 753. The quantitative estimate of drug-likeness (QED) is 0.784. The number of anilines is 1. The average molecular weight is 264 g/mol. The molecule has 0 fully saturated rings. The van der Waals surface area contributed by atoms with Crippen molar-refractivity contribution >= 4 is 16.7 Å². The van der Waals surface area contributed by atoms with Gasteiger partial charge >= 0.3 is 0 Å². The zero-order valence-electron chi connectivity index (χ0n) is 11.3. The zero-order chi connectivity index (χ0) is 13.9. The van der Waals surface area contributed by atoms with Gasteiger partial charge in [0.25, 0.3) is 0 Å². The largest absolute Gasteiger partial charge is 0.489 e. The smallest absolute Gasteiger partial charge is 0.124 e. The molecule has 0 spiro atoms. The van der Waals surface area contributed by atoms with Crippen molar-refractivity contribution in [3.8, 4) is 5.75 Å². The van der Waals surface area contributed by atoms with Gasteiger partial charge in [0.2, 0.25) is 0 Å². The van der Waals surface area contributed by atoms with E-state index >= 15 is 0 Å².